The molecule has 0 aliphatic carbocycles. The lowest BCUT2D eigenvalue weighted by Gasteiger charge is -2.18. The van der Waals surface area contributed by atoms with Gasteiger partial charge in [0.1, 0.15) is 0 Å². The van der Waals surface area contributed by atoms with Gasteiger partial charge in [0, 0.05) is 11.1 Å². The highest BCUT2D eigenvalue weighted by Crippen LogP contribution is 2.21. The van der Waals surface area contributed by atoms with Crippen LogP contribution in [0.1, 0.15) is 45.2 Å². The zero-order valence-electron chi connectivity index (χ0n) is 13.2. The molecule has 0 N–H and O–H groups in total. The highest BCUT2D eigenvalue weighted by atomic mass is 32.2. The van der Waals surface area contributed by atoms with E-state index in [-0.39, 0.29) is 5.41 Å². The molecule has 0 aliphatic rings. The Hall–Kier alpha value is -1.39. The summed E-state index contributed by atoms with van der Waals surface area (Å²) in [5.41, 5.74) is 3.69. The lowest BCUT2D eigenvalue weighted by molar-refractivity contribution is 0.590. The first-order valence-corrected chi connectivity index (χ1v) is 8.28. The Bertz CT molecular complexity index is 528. The van der Waals surface area contributed by atoms with Gasteiger partial charge in [-0.05, 0) is 47.3 Å². The van der Waals surface area contributed by atoms with Crippen LogP contribution in [0, 0.1) is 11.8 Å². The van der Waals surface area contributed by atoms with Crippen molar-refractivity contribution in [3.63, 3.8) is 0 Å². The van der Waals surface area contributed by atoms with Crippen LogP contribution in [0.15, 0.2) is 47.4 Å². The Morgan fingerprint density at radius 1 is 1.20 bits per heavy atom. The first-order chi connectivity index (χ1) is 9.47. The summed E-state index contributed by atoms with van der Waals surface area (Å²) in [6.07, 6.45) is 7.29. The van der Waals surface area contributed by atoms with Gasteiger partial charge in [0.05, 0.1) is 0 Å². The maximum absolute atomic E-state index is 3.24. The molecule has 0 atom stereocenters. The molecule has 1 aromatic carbocycles. The summed E-state index contributed by atoms with van der Waals surface area (Å²) in [6.45, 7) is 8.81. The normalized spacial score (nSPS) is 12.3. The van der Waals surface area contributed by atoms with Crippen LogP contribution in [0.4, 0.5) is 0 Å². The molecular formula is C19H24S. The predicted molar refractivity (Wildman–Crippen MR) is 93.0 cm³/mol. The molecule has 0 bridgehead atoms. The molecule has 1 rings (SSSR count). The van der Waals surface area contributed by atoms with E-state index in [9.17, 15) is 0 Å². The van der Waals surface area contributed by atoms with Gasteiger partial charge in [0.25, 0.3) is 0 Å². The van der Waals surface area contributed by atoms with Crippen molar-refractivity contribution in [2.24, 2.45) is 0 Å². The lowest BCUT2D eigenvalue weighted by Crippen LogP contribution is -2.10. The van der Waals surface area contributed by atoms with E-state index >= 15 is 0 Å². The van der Waals surface area contributed by atoms with E-state index < -0.39 is 0 Å². The minimum Gasteiger partial charge on any atom is -0.138 e. The second kappa shape index (κ2) is 8.02. The standard InChI is InChI=1S/C19H24S/c1-6-7-16(14-15-20-5)8-9-17-10-12-18(13-11-17)19(2,3)4/h7,10-15H,6H2,1-5H3/b15-14-,16-7-. The second-order valence-corrected chi connectivity index (χ2v) is 6.43. The molecule has 0 saturated heterocycles. The lowest BCUT2D eigenvalue weighted by atomic mass is 9.87. The van der Waals surface area contributed by atoms with Crippen molar-refractivity contribution < 1.29 is 0 Å². The Balaban J connectivity index is 2.90. The molecule has 0 saturated carbocycles. The van der Waals surface area contributed by atoms with Crippen molar-refractivity contribution in [2.75, 3.05) is 6.26 Å². The number of allylic oxidation sites excluding steroid dienone is 3. The van der Waals surface area contributed by atoms with Crippen LogP contribution in [-0.2, 0) is 5.41 Å². The van der Waals surface area contributed by atoms with Crippen molar-refractivity contribution in [1.82, 2.24) is 0 Å². The predicted octanol–water partition coefficient (Wildman–Crippen LogP) is 5.55. The SMILES string of the molecule is CC/C=C(C#Cc1ccc(C(C)(C)C)cc1)\C=C/SC. The smallest absolute Gasteiger partial charge is 0.0249 e. The molecule has 0 aliphatic heterocycles. The van der Waals surface area contributed by atoms with E-state index in [0.29, 0.717) is 0 Å². The Kier molecular flexibility index (Phi) is 6.68. The molecule has 1 heteroatoms. The highest BCUT2D eigenvalue weighted by Gasteiger charge is 2.12. The molecule has 0 amide bonds. The molecule has 0 unspecified atom stereocenters. The molecule has 106 valence electrons. The molecule has 0 spiro atoms. The summed E-state index contributed by atoms with van der Waals surface area (Å²) in [5.74, 6) is 6.48. The molecule has 20 heavy (non-hydrogen) atoms. The minimum absolute atomic E-state index is 0.195. The average Bonchev–Trinajstić information content (AvgIpc) is 2.41. The van der Waals surface area contributed by atoms with Crippen molar-refractivity contribution in [3.8, 4) is 11.8 Å². The van der Waals surface area contributed by atoms with Gasteiger partial charge in [-0.25, -0.2) is 0 Å². The van der Waals surface area contributed by atoms with E-state index in [1.165, 1.54) is 5.56 Å². The topological polar surface area (TPSA) is 0 Å². The largest absolute Gasteiger partial charge is 0.138 e. The average molecular weight is 284 g/mol. The van der Waals surface area contributed by atoms with Crippen LogP contribution in [0.5, 0.6) is 0 Å². The van der Waals surface area contributed by atoms with Crippen LogP contribution < -0.4 is 0 Å². The summed E-state index contributed by atoms with van der Waals surface area (Å²) in [7, 11) is 0. The molecule has 0 nitrogen and oxygen atoms in total. The molecule has 0 radical (unpaired) electrons. The van der Waals surface area contributed by atoms with E-state index in [0.717, 1.165) is 17.6 Å². The van der Waals surface area contributed by atoms with Gasteiger partial charge < -0.3 is 0 Å². The summed E-state index contributed by atoms with van der Waals surface area (Å²) < 4.78 is 0. The first kappa shape index (κ1) is 16.7. The Morgan fingerprint density at radius 2 is 1.85 bits per heavy atom. The van der Waals surface area contributed by atoms with Gasteiger partial charge in [-0.3, -0.25) is 0 Å². The van der Waals surface area contributed by atoms with E-state index in [1.807, 2.05) is 0 Å². The zero-order chi connectivity index (χ0) is 15.0. The van der Waals surface area contributed by atoms with Crippen LogP contribution in [0.3, 0.4) is 0 Å². The van der Waals surface area contributed by atoms with Gasteiger partial charge in [-0.1, -0.05) is 57.7 Å². The van der Waals surface area contributed by atoms with Crippen LogP contribution in [0.25, 0.3) is 0 Å². The van der Waals surface area contributed by atoms with Crippen molar-refractivity contribution in [3.05, 3.63) is 58.5 Å². The fourth-order valence-corrected chi connectivity index (χ4v) is 2.00. The fourth-order valence-electron chi connectivity index (χ4n) is 1.72. The van der Waals surface area contributed by atoms with Gasteiger partial charge in [0.15, 0.2) is 0 Å². The number of hydrogen-bond donors (Lipinski definition) is 0. The number of thioether (sulfide) groups is 1. The molecule has 0 heterocycles. The summed E-state index contributed by atoms with van der Waals surface area (Å²) in [5, 5.41) is 2.07. The van der Waals surface area contributed by atoms with E-state index in [4.69, 9.17) is 0 Å². The second-order valence-electron chi connectivity index (χ2n) is 5.68. The van der Waals surface area contributed by atoms with E-state index in [2.05, 4.69) is 87.6 Å². The third-order valence-corrected chi connectivity index (χ3v) is 3.32. The van der Waals surface area contributed by atoms with Crippen molar-refractivity contribution in [1.29, 1.82) is 0 Å². The quantitative estimate of drug-likeness (QED) is 0.518. The van der Waals surface area contributed by atoms with Crippen molar-refractivity contribution >= 4 is 11.8 Å². The summed E-state index contributed by atoms with van der Waals surface area (Å²) in [6, 6.07) is 8.56. The maximum atomic E-state index is 3.24. The fraction of sp³-hybridized carbons (Fsp3) is 0.368. The summed E-state index contributed by atoms with van der Waals surface area (Å²) in [4.78, 5) is 0. The molecule has 0 aromatic heterocycles. The third kappa shape index (κ3) is 5.72. The van der Waals surface area contributed by atoms with Crippen molar-refractivity contribution in [2.45, 2.75) is 39.5 Å². The Labute approximate surface area is 128 Å². The molecular weight excluding hydrogens is 260 g/mol. The highest BCUT2D eigenvalue weighted by molar-refractivity contribution is 8.01. The minimum atomic E-state index is 0.195. The molecule has 0 fully saturated rings. The van der Waals surface area contributed by atoms with Crippen LogP contribution in [-0.4, -0.2) is 6.26 Å². The summed E-state index contributed by atoms with van der Waals surface area (Å²) >= 11 is 1.69. The number of rotatable bonds is 3. The maximum Gasteiger partial charge on any atom is 0.0249 e. The van der Waals surface area contributed by atoms with Gasteiger partial charge in [0.2, 0.25) is 0 Å². The molecule has 1 aromatic rings. The Morgan fingerprint density at radius 3 is 2.35 bits per heavy atom. The third-order valence-electron chi connectivity index (χ3n) is 2.91. The number of benzene rings is 1. The van der Waals surface area contributed by atoms with Gasteiger partial charge in [-0.15, -0.1) is 11.8 Å². The van der Waals surface area contributed by atoms with Gasteiger partial charge >= 0.3 is 0 Å². The first-order valence-electron chi connectivity index (χ1n) is 6.99. The van der Waals surface area contributed by atoms with E-state index in [1.54, 1.807) is 11.8 Å². The van der Waals surface area contributed by atoms with Crippen LogP contribution in [0.2, 0.25) is 0 Å². The van der Waals surface area contributed by atoms with Gasteiger partial charge in [-0.2, -0.15) is 0 Å². The monoisotopic (exact) mass is 284 g/mol. The zero-order valence-corrected chi connectivity index (χ0v) is 14.0. The number of hydrogen-bond acceptors (Lipinski definition) is 1. The van der Waals surface area contributed by atoms with Crippen LogP contribution >= 0.6 is 11.8 Å².